The van der Waals surface area contributed by atoms with Gasteiger partial charge in [0.05, 0.1) is 6.04 Å². The Morgan fingerprint density at radius 1 is 1.69 bits per heavy atom. The number of nitrogens with one attached hydrogen (secondary N) is 1. The van der Waals surface area contributed by atoms with Gasteiger partial charge in [0.1, 0.15) is 0 Å². The van der Waals surface area contributed by atoms with Gasteiger partial charge in [-0.2, -0.15) is 4.98 Å². The van der Waals surface area contributed by atoms with Crippen LogP contribution in [-0.4, -0.2) is 46.6 Å². The molecule has 88 valence electrons. The first-order valence-corrected chi connectivity index (χ1v) is 5.58. The standard InChI is InChI=1S/C10H16N4O2/c1-2-11-8-3-5-14(10(8)15)6-4-9-12-7-16-13-9/h7-8,11H,2-6H2,1H3. The van der Waals surface area contributed by atoms with Crippen molar-refractivity contribution in [2.45, 2.75) is 25.8 Å². The quantitative estimate of drug-likeness (QED) is 0.751. The predicted octanol–water partition coefficient (Wildman–Crippen LogP) is -0.178. The van der Waals surface area contributed by atoms with Crippen LogP contribution in [-0.2, 0) is 11.2 Å². The van der Waals surface area contributed by atoms with Gasteiger partial charge < -0.3 is 14.7 Å². The van der Waals surface area contributed by atoms with Crippen molar-refractivity contribution in [3.8, 4) is 0 Å². The fourth-order valence-electron chi connectivity index (χ4n) is 1.93. The van der Waals surface area contributed by atoms with Gasteiger partial charge in [-0.05, 0) is 13.0 Å². The number of rotatable bonds is 5. The van der Waals surface area contributed by atoms with Crippen LogP contribution in [0.15, 0.2) is 10.9 Å². The van der Waals surface area contributed by atoms with Crippen molar-refractivity contribution < 1.29 is 9.32 Å². The van der Waals surface area contributed by atoms with E-state index in [-0.39, 0.29) is 11.9 Å². The molecule has 16 heavy (non-hydrogen) atoms. The van der Waals surface area contributed by atoms with Crippen LogP contribution in [0, 0.1) is 0 Å². The second-order valence-corrected chi connectivity index (χ2v) is 3.82. The van der Waals surface area contributed by atoms with E-state index in [0.717, 1.165) is 19.5 Å². The smallest absolute Gasteiger partial charge is 0.239 e. The molecule has 6 nitrogen and oxygen atoms in total. The first kappa shape index (κ1) is 11.1. The van der Waals surface area contributed by atoms with Crippen LogP contribution in [0.5, 0.6) is 0 Å². The van der Waals surface area contributed by atoms with Crippen molar-refractivity contribution >= 4 is 5.91 Å². The van der Waals surface area contributed by atoms with E-state index in [2.05, 4.69) is 20.0 Å². The Morgan fingerprint density at radius 2 is 2.56 bits per heavy atom. The molecule has 2 rings (SSSR count). The highest BCUT2D eigenvalue weighted by Gasteiger charge is 2.30. The molecular weight excluding hydrogens is 208 g/mol. The Morgan fingerprint density at radius 3 is 3.25 bits per heavy atom. The largest absolute Gasteiger partial charge is 0.343 e. The van der Waals surface area contributed by atoms with E-state index >= 15 is 0 Å². The molecule has 1 N–H and O–H groups in total. The molecule has 1 aliphatic rings. The fraction of sp³-hybridized carbons (Fsp3) is 0.700. The molecule has 0 aliphatic carbocycles. The molecule has 1 amide bonds. The van der Waals surface area contributed by atoms with Crippen LogP contribution in [0.25, 0.3) is 0 Å². The molecule has 0 saturated carbocycles. The molecule has 1 unspecified atom stereocenters. The Hall–Kier alpha value is -1.43. The number of carbonyl (C=O) groups excluding carboxylic acids is 1. The number of amides is 1. The second-order valence-electron chi connectivity index (χ2n) is 3.82. The molecule has 6 heteroatoms. The number of aromatic nitrogens is 2. The molecule has 0 radical (unpaired) electrons. The number of hydrogen-bond donors (Lipinski definition) is 1. The minimum atomic E-state index is -0.00438. The first-order valence-electron chi connectivity index (χ1n) is 5.58. The lowest BCUT2D eigenvalue weighted by molar-refractivity contribution is -0.129. The van der Waals surface area contributed by atoms with E-state index in [1.165, 1.54) is 6.39 Å². The highest BCUT2D eigenvalue weighted by molar-refractivity contribution is 5.83. The lowest BCUT2D eigenvalue weighted by Gasteiger charge is -2.15. The number of likely N-dealkylation sites (tertiary alicyclic amines) is 1. The molecule has 1 aliphatic heterocycles. The lowest BCUT2D eigenvalue weighted by Crippen LogP contribution is -2.38. The summed E-state index contributed by atoms with van der Waals surface area (Å²) in [5.74, 6) is 0.838. The van der Waals surface area contributed by atoms with Gasteiger partial charge in [-0.3, -0.25) is 4.79 Å². The van der Waals surface area contributed by atoms with Crippen LogP contribution in [0.4, 0.5) is 0 Å². The number of nitrogens with zero attached hydrogens (tertiary/aromatic N) is 3. The average Bonchev–Trinajstić information content (AvgIpc) is 2.89. The van der Waals surface area contributed by atoms with Gasteiger partial charge in [-0.1, -0.05) is 12.1 Å². The molecule has 0 aromatic carbocycles. The molecular formula is C10H16N4O2. The van der Waals surface area contributed by atoms with Crippen LogP contribution in [0.2, 0.25) is 0 Å². The Bertz CT molecular complexity index is 339. The third kappa shape index (κ3) is 2.38. The molecule has 1 fully saturated rings. The zero-order valence-corrected chi connectivity index (χ0v) is 9.35. The van der Waals surface area contributed by atoms with Crippen molar-refractivity contribution in [2.24, 2.45) is 0 Å². The summed E-state index contributed by atoms with van der Waals surface area (Å²) in [6.07, 6.45) is 2.85. The Labute approximate surface area is 94.0 Å². The van der Waals surface area contributed by atoms with E-state index in [0.29, 0.717) is 18.8 Å². The summed E-state index contributed by atoms with van der Waals surface area (Å²) in [5, 5.41) is 6.89. The molecule has 1 aromatic rings. The van der Waals surface area contributed by atoms with E-state index < -0.39 is 0 Å². The second kappa shape index (κ2) is 5.07. The van der Waals surface area contributed by atoms with Crippen LogP contribution in [0.1, 0.15) is 19.2 Å². The average molecular weight is 224 g/mol. The summed E-state index contributed by atoms with van der Waals surface area (Å²) >= 11 is 0. The normalized spacial score (nSPS) is 20.7. The molecule has 2 heterocycles. The Balaban J connectivity index is 1.81. The van der Waals surface area contributed by atoms with E-state index in [1.807, 2.05) is 11.8 Å². The zero-order valence-electron chi connectivity index (χ0n) is 9.35. The number of hydrogen-bond acceptors (Lipinski definition) is 5. The highest BCUT2D eigenvalue weighted by Crippen LogP contribution is 2.11. The maximum Gasteiger partial charge on any atom is 0.239 e. The van der Waals surface area contributed by atoms with Crippen molar-refractivity contribution in [1.29, 1.82) is 0 Å². The first-order chi connectivity index (χ1) is 7.81. The maximum atomic E-state index is 11.9. The summed E-state index contributed by atoms with van der Waals surface area (Å²) < 4.78 is 4.64. The fourth-order valence-corrected chi connectivity index (χ4v) is 1.93. The molecule has 1 atom stereocenters. The summed E-state index contributed by atoms with van der Waals surface area (Å²) in [5.41, 5.74) is 0. The van der Waals surface area contributed by atoms with Crippen LogP contribution < -0.4 is 5.32 Å². The molecule has 0 bridgehead atoms. The van der Waals surface area contributed by atoms with E-state index in [1.54, 1.807) is 0 Å². The van der Waals surface area contributed by atoms with Crippen molar-refractivity contribution in [3.05, 3.63) is 12.2 Å². The SMILES string of the molecule is CCNC1CCN(CCc2ncon2)C1=O. The van der Waals surface area contributed by atoms with Crippen molar-refractivity contribution in [2.75, 3.05) is 19.6 Å². The van der Waals surface area contributed by atoms with E-state index in [9.17, 15) is 4.79 Å². The molecule has 0 spiro atoms. The topological polar surface area (TPSA) is 71.3 Å². The molecule has 1 aromatic heterocycles. The van der Waals surface area contributed by atoms with Crippen molar-refractivity contribution in [3.63, 3.8) is 0 Å². The van der Waals surface area contributed by atoms with Gasteiger partial charge in [-0.15, -0.1) is 0 Å². The van der Waals surface area contributed by atoms with Crippen LogP contribution in [0.3, 0.4) is 0 Å². The summed E-state index contributed by atoms with van der Waals surface area (Å²) in [7, 11) is 0. The monoisotopic (exact) mass is 224 g/mol. The van der Waals surface area contributed by atoms with Gasteiger partial charge in [0.15, 0.2) is 5.82 Å². The number of likely N-dealkylation sites (N-methyl/N-ethyl adjacent to an activating group) is 1. The molecule has 1 saturated heterocycles. The van der Waals surface area contributed by atoms with Gasteiger partial charge in [-0.25, -0.2) is 0 Å². The van der Waals surface area contributed by atoms with Crippen molar-refractivity contribution in [1.82, 2.24) is 20.4 Å². The minimum Gasteiger partial charge on any atom is -0.343 e. The minimum absolute atomic E-state index is 0.00438. The predicted molar refractivity (Wildman–Crippen MR) is 56.7 cm³/mol. The van der Waals surface area contributed by atoms with Gasteiger partial charge in [0, 0.05) is 19.5 Å². The third-order valence-corrected chi connectivity index (χ3v) is 2.76. The summed E-state index contributed by atoms with van der Waals surface area (Å²) in [4.78, 5) is 17.6. The Kier molecular flexibility index (Phi) is 3.51. The van der Waals surface area contributed by atoms with Gasteiger partial charge in [0.2, 0.25) is 12.3 Å². The highest BCUT2D eigenvalue weighted by atomic mass is 16.5. The summed E-state index contributed by atoms with van der Waals surface area (Å²) in [6.45, 7) is 4.32. The van der Waals surface area contributed by atoms with E-state index in [4.69, 9.17) is 0 Å². The zero-order chi connectivity index (χ0) is 11.4. The van der Waals surface area contributed by atoms with Crippen LogP contribution >= 0.6 is 0 Å². The maximum absolute atomic E-state index is 11.9. The van der Waals surface area contributed by atoms with Gasteiger partial charge in [0.25, 0.3) is 0 Å². The third-order valence-electron chi connectivity index (χ3n) is 2.76. The number of carbonyl (C=O) groups is 1. The van der Waals surface area contributed by atoms with Gasteiger partial charge >= 0.3 is 0 Å². The lowest BCUT2D eigenvalue weighted by atomic mass is 10.2. The summed E-state index contributed by atoms with van der Waals surface area (Å²) in [6, 6.07) is -0.00438.